The number of ketones is 1. The normalized spacial score (nSPS) is 12.4. The van der Waals surface area contributed by atoms with Crippen molar-refractivity contribution in [3.05, 3.63) is 63.7 Å². The van der Waals surface area contributed by atoms with Crippen LogP contribution in [0.25, 0.3) is 6.08 Å². The molecular weight excluding hydrogens is 314 g/mol. The van der Waals surface area contributed by atoms with Gasteiger partial charge in [0.2, 0.25) is 6.79 Å². The van der Waals surface area contributed by atoms with E-state index in [9.17, 15) is 14.9 Å². The number of nitro groups is 1. The fraction of sp³-hybridized carbons (Fsp3) is 0.118. The molecule has 0 aliphatic carbocycles. The molecule has 0 unspecified atom stereocenters. The highest BCUT2D eigenvalue weighted by atomic mass is 16.7. The average molecular weight is 327 g/mol. The summed E-state index contributed by atoms with van der Waals surface area (Å²) in [5.74, 6) is 1.03. The number of nitro benzene ring substituents is 1. The minimum atomic E-state index is -0.586. The monoisotopic (exact) mass is 327 g/mol. The molecule has 0 aromatic heterocycles. The van der Waals surface area contributed by atoms with E-state index in [0.29, 0.717) is 11.5 Å². The van der Waals surface area contributed by atoms with Gasteiger partial charge in [0.15, 0.2) is 23.0 Å². The van der Waals surface area contributed by atoms with E-state index in [0.717, 1.165) is 5.56 Å². The second-order valence-electron chi connectivity index (χ2n) is 4.95. The number of benzene rings is 2. The van der Waals surface area contributed by atoms with Crippen LogP contribution in [0.1, 0.15) is 15.9 Å². The van der Waals surface area contributed by atoms with Gasteiger partial charge in [-0.2, -0.15) is 0 Å². The van der Waals surface area contributed by atoms with Crippen molar-refractivity contribution in [2.24, 2.45) is 0 Å². The first-order valence-electron chi connectivity index (χ1n) is 7.03. The molecule has 1 aliphatic heterocycles. The maximum atomic E-state index is 12.2. The van der Waals surface area contributed by atoms with E-state index >= 15 is 0 Å². The van der Waals surface area contributed by atoms with E-state index in [4.69, 9.17) is 14.2 Å². The molecule has 0 N–H and O–H groups in total. The summed E-state index contributed by atoms with van der Waals surface area (Å²) in [6.45, 7) is 0.178. The number of nitrogens with zero attached hydrogens (tertiary/aromatic N) is 1. The summed E-state index contributed by atoms with van der Waals surface area (Å²) in [4.78, 5) is 22.6. The van der Waals surface area contributed by atoms with Gasteiger partial charge in [-0.25, -0.2) is 0 Å². The van der Waals surface area contributed by atoms with Crippen molar-refractivity contribution in [1.29, 1.82) is 0 Å². The zero-order valence-electron chi connectivity index (χ0n) is 12.7. The van der Waals surface area contributed by atoms with Crippen LogP contribution in [0.4, 0.5) is 5.69 Å². The maximum Gasteiger partial charge on any atom is 0.311 e. The zero-order valence-corrected chi connectivity index (χ0v) is 12.7. The molecule has 24 heavy (non-hydrogen) atoms. The Hall–Kier alpha value is -3.35. The van der Waals surface area contributed by atoms with Gasteiger partial charge in [0.1, 0.15) is 0 Å². The Kier molecular flexibility index (Phi) is 4.15. The summed E-state index contributed by atoms with van der Waals surface area (Å²) in [6.07, 6.45) is 2.96. The molecule has 0 spiro atoms. The topological polar surface area (TPSA) is 87.9 Å². The van der Waals surface area contributed by atoms with Crippen LogP contribution >= 0.6 is 0 Å². The standard InChI is InChI=1S/C17H13NO6/c1-22-15-7-4-12(9-13(15)18(20)21)14(19)5-2-11-3-6-16-17(8-11)24-10-23-16/h2-9H,10H2,1H3/b5-2+. The van der Waals surface area contributed by atoms with Crippen molar-refractivity contribution in [3.63, 3.8) is 0 Å². The van der Waals surface area contributed by atoms with Gasteiger partial charge in [0.05, 0.1) is 12.0 Å². The molecule has 3 rings (SSSR count). The molecule has 2 aromatic carbocycles. The summed E-state index contributed by atoms with van der Waals surface area (Å²) in [5, 5.41) is 11.0. The third-order valence-electron chi connectivity index (χ3n) is 3.48. The molecule has 0 atom stereocenters. The lowest BCUT2D eigenvalue weighted by Crippen LogP contribution is -1.99. The minimum Gasteiger partial charge on any atom is -0.490 e. The highest BCUT2D eigenvalue weighted by Gasteiger charge is 2.17. The van der Waals surface area contributed by atoms with E-state index in [1.54, 1.807) is 24.3 Å². The number of hydrogen-bond donors (Lipinski definition) is 0. The number of carbonyl (C=O) groups excluding carboxylic acids is 1. The van der Waals surface area contributed by atoms with Gasteiger partial charge in [0, 0.05) is 11.6 Å². The Balaban J connectivity index is 1.82. The van der Waals surface area contributed by atoms with Gasteiger partial charge in [0.25, 0.3) is 0 Å². The first-order chi connectivity index (χ1) is 11.6. The van der Waals surface area contributed by atoms with E-state index < -0.39 is 4.92 Å². The summed E-state index contributed by atoms with van der Waals surface area (Å²) in [7, 11) is 1.34. The molecule has 0 fully saturated rings. The fourth-order valence-electron chi connectivity index (χ4n) is 2.27. The molecule has 0 bridgehead atoms. The molecule has 0 amide bonds. The number of methoxy groups -OCH3 is 1. The Morgan fingerprint density at radius 2 is 2.00 bits per heavy atom. The molecule has 2 aromatic rings. The van der Waals surface area contributed by atoms with Gasteiger partial charge in [-0.15, -0.1) is 0 Å². The second-order valence-corrected chi connectivity index (χ2v) is 4.95. The molecule has 1 aliphatic rings. The smallest absolute Gasteiger partial charge is 0.311 e. The molecule has 7 nitrogen and oxygen atoms in total. The lowest BCUT2D eigenvalue weighted by atomic mass is 10.1. The van der Waals surface area contributed by atoms with Crippen LogP contribution in [0.15, 0.2) is 42.5 Å². The lowest BCUT2D eigenvalue weighted by molar-refractivity contribution is -0.385. The molecule has 1 heterocycles. The number of hydrogen-bond acceptors (Lipinski definition) is 6. The van der Waals surface area contributed by atoms with Crippen molar-refractivity contribution in [2.75, 3.05) is 13.9 Å². The predicted octanol–water partition coefficient (Wildman–Crippen LogP) is 3.23. The molecule has 7 heteroatoms. The number of carbonyl (C=O) groups is 1. The molecular formula is C17H13NO6. The van der Waals surface area contributed by atoms with Crippen LogP contribution in [0, 0.1) is 10.1 Å². The van der Waals surface area contributed by atoms with Gasteiger partial charge >= 0.3 is 5.69 Å². The van der Waals surface area contributed by atoms with E-state index in [2.05, 4.69) is 0 Å². The van der Waals surface area contributed by atoms with Crippen molar-refractivity contribution in [1.82, 2.24) is 0 Å². The van der Waals surface area contributed by atoms with Crippen molar-refractivity contribution >= 4 is 17.5 Å². The number of ether oxygens (including phenoxy) is 3. The first kappa shape index (κ1) is 15.5. The maximum absolute atomic E-state index is 12.2. The van der Waals surface area contributed by atoms with Crippen LogP contribution in [-0.4, -0.2) is 24.6 Å². The quantitative estimate of drug-likeness (QED) is 0.362. The Morgan fingerprint density at radius 1 is 1.21 bits per heavy atom. The van der Waals surface area contributed by atoms with Gasteiger partial charge in [-0.05, 0) is 35.9 Å². The molecule has 0 radical (unpaired) electrons. The van der Waals surface area contributed by atoms with Crippen LogP contribution in [0.5, 0.6) is 17.2 Å². The fourth-order valence-corrected chi connectivity index (χ4v) is 2.27. The highest BCUT2D eigenvalue weighted by molar-refractivity contribution is 6.07. The molecule has 0 saturated heterocycles. The van der Waals surface area contributed by atoms with Gasteiger partial charge in [-0.3, -0.25) is 14.9 Å². The molecule has 0 saturated carbocycles. The Labute approximate surface area is 137 Å². The van der Waals surface area contributed by atoms with E-state index in [-0.39, 0.29) is 29.6 Å². The van der Waals surface area contributed by atoms with Crippen molar-refractivity contribution < 1.29 is 23.9 Å². The van der Waals surface area contributed by atoms with Crippen LogP contribution < -0.4 is 14.2 Å². The summed E-state index contributed by atoms with van der Waals surface area (Å²) >= 11 is 0. The highest BCUT2D eigenvalue weighted by Crippen LogP contribution is 2.33. The average Bonchev–Trinajstić information content (AvgIpc) is 3.06. The van der Waals surface area contributed by atoms with Gasteiger partial charge in [-0.1, -0.05) is 12.1 Å². The summed E-state index contributed by atoms with van der Waals surface area (Å²) < 4.78 is 15.4. The molecule has 122 valence electrons. The summed E-state index contributed by atoms with van der Waals surface area (Å²) in [5.41, 5.74) is 0.718. The first-order valence-corrected chi connectivity index (χ1v) is 7.03. The Bertz CT molecular complexity index is 843. The Morgan fingerprint density at radius 3 is 2.75 bits per heavy atom. The second kappa shape index (κ2) is 6.41. The number of fused-ring (bicyclic) bond motifs is 1. The van der Waals surface area contributed by atoms with E-state index in [1.807, 2.05) is 0 Å². The SMILES string of the molecule is COc1ccc(C(=O)/C=C/c2ccc3c(c2)OCO3)cc1[N+](=O)[O-]. The summed E-state index contributed by atoms with van der Waals surface area (Å²) in [6, 6.07) is 9.38. The number of allylic oxidation sites excluding steroid dienone is 1. The minimum absolute atomic E-state index is 0.108. The predicted molar refractivity (Wildman–Crippen MR) is 85.6 cm³/mol. The van der Waals surface area contributed by atoms with Crippen molar-refractivity contribution in [3.8, 4) is 17.2 Å². The third kappa shape index (κ3) is 3.05. The lowest BCUT2D eigenvalue weighted by Gasteiger charge is -2.03. The zero-order chi connectivity index (χ0) is 17.1. The largest absolute Gasteiger partial charge is 0.490 e. The van der Waals surface area contributed by atoms with Crippen LogP contribution in [0.3, 0.4) is 0 Å². The van der Waals surface area contributed by atoms with Crippen molar-refractivity contribution in [2.45, 2.75) is 0 Å². The van der Waals surface area contributed by atoms with Crippen LogP contribution in [-0.2, 0) is 0 Å². The third-order valence-corrected chi connectivity index (χ3v) is 3.48. The van der Waals surface area contributed by atoms with Gasteiger partial charge < -0.3 is 14.2 Å². The van der Waals surface area contributed by atoms with E-state index in [1.165, 1.54) is 31.4 Å². The number of rotatable bonds is 5. The van der Waals surface area contributed by atoms with Crippen LogP contribution in [0.2, 0.25) is 0 Å².